The van der Waals surface area contributed by atoms with Crippen molar-refractivity contribution in [1.29, 1.82) is 0 Å². The van der Waals surface area contributed by atoms with Crippen molar-refractivity contribution in [3.63, 3.8) is 0 Å². The van der Waals surface area contributed by atoms with E-state index in [1.54, 1.807) is 0 Å². The molecular formula is C9H11N3S3. The zero-order valence-corrected chi connectivity index (χ0v) is 10.3. The second kappa shape index (κ2) is 3.92. The lowest BCUT2D eigenvalue weighted by molar-refractivity contribution is 0.536. The average molecular weight is 257 g/mol. The summed E-state index contributed by atoms with van der Waals surface area (Å²) < 4.78 is 0. The van der Waals surface area contributed by atoms with Crippen molar-refractivity contribution in [3.05, 3.63) is 34.3 Å². The van der Waals surface area contributed by atoms with Gasteiger partial charge < -0.3 is 16.0 Å². The molecule has 6 heteroatoms. The van der Waals surface area contributed by atoms with Crippen molar-refractivity contribution in [2.75, 3.05) is 5.88 Å². The molecule has 15 heavy (non-hydrogen) atoms. The van der Waals surface area contributed by atoms with E-state index in [1.165, 1.54) is 5.70 Å². The highest BCUT2D eigenvalue weighted by Gasteiger charge is 2.45. The van der Waals surface area contributed by atoms with Crippen LogP contribution in [0.15, 0.2) is 34.3 Å². The number of hydrogen-bond acceptors (Lipinski definition) is 6. The highest BCUT2D eigenvalue weighted by atomic mass is 32.2. The highest BCUT2D eigenvalue weighted by Crippen LogP contribution is 2.44. The van der Waals surface area contributed by atoms with Gasteiger partial charge in [0.25, 0.3) is 0 Å². The van der Waals surface area contributed by atoms with E-state index in [2.05, 4.69) is 32.2 Å². The van der Waals surface area contributed by atoms with Gasteiger partial charge in [0, 0.05) is 12.4 Å². The van der Waals surface area contributed by atoms with Crippen molar-refractivity contribution in [2.45, 2.75) is 10.2 Å². The zero-order chi connectivity index (χ0) is 10.1. The van der Waals surface area contributed by atoms with Crippen molar-refractivity contribution >= 4 is 35.3 Å². The van der Waals surface area contributed by atoms with Crippen LogP contribution in [0.3, 0.4) is 0 Å². The Morgan fingerprint density at radius 2 is 2.33 bits per heavy atom. The molecule has 0 radical (unpaired) electrons. The molecule has 0 aromatic carbocycles. The van der Waals surface area contributed by atoms with Crippen LogP contribution in [0, 0.1) is 0 Å². The maximum Gasteiger partial charge on any atom is 0.158 e. The fourth-order valence-corrected chi connectivity index (χ4v) is 4.72. The average Bonchev–Trinajstić information content (AvgIpc) is 3.02. The summed E-state index contributed by atoms with van der Waals surface area (Å²) in [6.45, 7) is 0. The first-order valence-electron chi connectivity index (χ1n) is 4.65. The van der Waals surface area contributed by atoms with E-state index in [0.29, 0.717) is 5.37 Å². The molecule has 3 heterocycles. The van der Waals surface area contributed by atoms with Gasteiger partial charge >= 0.3 is 0 Å². The Kier molecular flexibility index (Phi) is 2.58. The van der Waals surface area contributed by atoms with Crippen LogP contribution in [0.4, 0.5) is 0 Å². The lowest BCUT2D eigenvalue weighted by atomic mass is 10.2. The Bertz CT molecular complexity index is 335. The van der Waals surface area contributed by atoms with Crippen LogP contribution in [0.1, 0.15) is 0 Å². The molecule has 3 rings (SSSR count). The molecule has 2 unspecified atom stereocenters. The summed E-state index contributed by atoms with van der Waals surface area (Å²) in [5.74, 6) is 0.976. The van der Waals surface area contributed by atoms with Gasteiger partial charge in [-0.25, -0.2) is 0 Å². The van der Waals surface area contributed by atoms with E-state index in [1.807, 2.05) is 47.7 Å². The number of rotatable bonds is 2. The lowest BCUT2D eigenvalue weighted by Gasteiger charge is -2.35. The molecule has 0 spiro atoms. The monoisotopic (exact) mass is 257 g/mol. The molecule has 0 aliphatic carbocycles. The van der Waals surface area contributed by atoms with E-state index in [9.17, 15) is 0 Å². The van der Waals surface area contributed by atoms with Crippen molar-refractivity contribution in [3.8, 4) is 0 Å². The predicted molar refractivity (Wildman–Crippen MR) is 69.9 cm³/mol. The third-order valence-electron chi connectivity index (χ3n) is 2.47. The number of hydrogen-bond donors (Lipinski definition) is 3. The predicted octanol–water partition coefficient (Wildman–Crippen LogP) is 1.76. The third kappa shape index (κ3) is 1.55. The molecule has 0 saturated heterocycles. The van der Waals surface area contributed by atoms with Crippen LogP contribution >= 0.6 is 35.3 Å². The van der Waals surface area contributed by atoms with Crippen LogP contribution < -0.4 is 16.0 Å². The van der Waals surface area contributed by atoms with Gasteiger partial charge in [0.05, 0.1) is 11.6 Å². The van der Waals surface area contributed by atoms with Crippen molar-refractivity contribution < 1.29 is 0 Å². The van der Waals surface area contributed by atoms with Crippen molar-refractivity contribution in [1.82, 2.24) is 16.0 Å². The van der Waals surface area contributed by atoms with Crippen LogP contribution in [0.5, 0.6) is 0 Å². The minimum Gasteiger partial charge on any atom is -0.376 e. The summed E-state index contributed by atoms with van der Waals surface area (Å²) in [5, 5.41) is 17.1. The van der Waals surface area contributed by atoms with Gasteiger partial charge in [-0.2, -0.15) is 0 Å². The molecule has 0 fully saturated rings. The largest absolute Gasteiger partial charge is 0.376 e. The maximum atomic E-state index is 3.47. The number of nitrogens with one attached hydrogen (secondary N) is 3. The molecule has 2 atom stereocenters. The second-order valence-electron chi connectivity index (χ2n) is 3.31. The van der Waals surface area contributed by atoms with E-state index >= 15 is 0 Å². The SMILES string of the molecule is C1=CSC(C2(C3=CSCN3)NC=CS2)N1. The molecule has 0 saturated carbocycles. The van der Waals surface area contributed by atoms with Gasteiger partial charge in [0.2, 0.25) is 0 Å². The normalized spacial score (nSPS) is 37.3. The summed E-state index contributed by atoms with van der Waals surface area (Å²) >= 11 is 5.46. The van der Waals surface area contributed by atoms with Gasteiger partial charge in [0.15, 0.2) is 4.87 Å². The summed E-state index contributed by atoms with van der Waals surface area (Å²) in [6.07, 6.45) is 4.04. The summed E-state index contributed by atoms with van der Waals surface area (Å²) in [7, 11) is 0. The van der Waals surface area contributed by atoms with Gasteiger partial charge in [-0.05, 0) is 16.2 Å². The molecule has 3 aliphatic heterocycles. The molecular weight excluding hydrogens is 246 g/mol. The van der Waals surface area contributed by atoms with Crippen LogP contribution in [0.25, 0.3) is 0 Å². The van der Waals surface area contributed by atoms with E-state index in [-0.39, 0.29) is 4.87 Å². The molecule has 0 aromatic heterocycles. The fraction of sp³-hybridized carbons (Fsp3) is 0.333. The Hall–Kier alpha value is -0.330. The summed E-state index contributed by atoms with van der Waals surface area (Å²) in [4.78, 5) is -0.0718. The molecule has 3 N–H and O–H groups in total. The van der Waals surface area contributed by atoms with Crippen LogP contribution in [-0.2, 0) is 0 Å². The van der Waals surface area contributed by atoms with Crippen molar-refractivity contribution in [2.24, 2.45) is 0 Å². The maximum absolute atomic E-state index is 3.47. The molecule has 80 valence electrons. The minimum atomic E-state index is -0.0718. The Morgan fingerprint density at radius 1 is 1.33 bits per heavy atom. The molecule has 0 aromatic rings. The third-order valence-corrected chi connectivity index (χ3v) is 5.60. The minimum absolute atomic E-state index is 0.0718. The van der Waals surface area contributed by atoms with Crippen LogP contribution in [0.2, 0.25) is 0 Å². The van der Waals surface area contributed by atoms with E-state index in [4.69, 9.17) is 0 Å². The second-order valence-corrected chi connectivity index (χ2v) is 6.33. The van der Waals surface area contributed by atoms with Crippen LogP contribution in [-0.4, -0.2) is 16.1 Å². The molecule has 0 bridgehead atoms. The van der Waals surface area contributed by atoms with Gasteiger partial charge in [-0.1, -0.05) is 11.8 Å². The highest BCUT2D eigenvalue weighted by molar-refractivity contribution is 8.07. The van der Waals surface area contributed by atoms with E-state index in [0.717, 1.165) is 5.88 Å². The molecule has 3 nitrogen and oxygen atoms in total. The number of thioether (sulfide) groups is 3. The molecule has 3 aliphatic rings. The van der Waals surface area contributed by atoms with E-state index < -0.39 is 0 Å². The first kappa shape index (κ1) is 9.86. The zero-order valence-electron chi connectivity index (χ0n) is 7.90. The quantitative estimate of drug-likeness (QED) is 0.700. The van der Waals surface area contributed by atoms with Gasteiger partial charge in [-0.15, -0.1) is 23.5 Å². The van der Waals surface area contributed by atoms with Gasteiger partial charge in [-0.3, -0.25) is 0 Å². The smallest absolute Gasteiger partial charge is 0.158 e. The van der Waals surface area contributed by atoms with Gasteiger partial charge in [0.1, 0.15) is 5.37 Å². The lowest BCUT2D eigenvalue weighted by Crippen LogP contribution is -2.53. The topological polar surface area (TPSA) is 36.1 Å². The first-order valence-corrected chi connectivity index (χ1v) is 7.52. The fourth-order valence-electron chi connectivity index (χ4n) is 1.76. The Balaban J connectivity index is 1.88. The summed E-state index contributed by atoms with van der Waals surface area (Å²) in [6, 6.07) is 0. The summed E-state index contributed by atoms with van der Waals surface area (Å²) in [5.41, 5.74) is 1.27. The molecule has 0 amide bonds. The first-order chi connectivity index (χ1) is 7.42. The Morgan fingerprint density at radius 3 is 2.93 bits per heavy atom. The standard InChI is InChI=1S/C9H11N3S3/c1-3-14-8(10-1)9(12-2-4-15-9)7-5-13-6-11-7/h1-5,8,10-12H,6H2. The Labute approximate surface area is 102 Å².